The van der Waals surface area contributed by atoms with Gasteiger partial charge in [0.15, 0.2) is 17.5 Å². The van der Waals surface area contributed by atoms with Crippen molar-refractivity contribution in [3.63, 3.8) is 0 Å². The highest BCUT2D eigenvalue weighted by atomic mass is 127. The van der Waals surface area contributed by atoms with Gasteiger partial charge in [0.25, 0.3) is 0 Å². The molecular formula is C17H21FIN3O. The molecule has 2 N–H and O–H groups in total. The maximum atomic E-state index is 13.3. The monoisotopic (exact) mass is 429 g/mol. The van der Waals surface area contributed by atoms with E-state index in [1.54, 1.807) is 6.07 Å². The summed E-state index contributed by atoms with van der Waals surface area (Å²) in [5.74, 6) is -0.253. The molecule has 2 aromatic rings. The Kier molecular flexibility index (Phi) is 7.80. The number of nitrogens with one attached hydrogen (secondary N) is 1. The van der Waals surface area contributed by atoms with E-state index in [0.29, 0.717) is 18.7 Å². The van der Waals surface area contributed by atoms with Crippen LogP contribution >= 0.6 is 24.0 Å². The highest BCUT2D eigenvalue weighted by Crippen LogP contribution is 2.16. The first-order chi connectivity index (χ1) is 10.6. The number of aliphatic imine (C=N–C) groups is 1. The molecule has 124 valence electrons. The van der Waals surface area contributed by atoms with Crippen molar-refractivity contribution in [3.05, 3.63) is 65.5 Å². The van der Waals surface area contributed by atoms with Crippen LogP contribution in [0.2, 0.25) is 0 Å². The molecule has 0 saturated heterocycles. The normalized spacial score (nSPS) is 10.8. The average Bonchev–Trinajstić information content (AvgIpc) is 2.51. The molecule has 0 unspecified atom stereocenters. The van der Waals surface area contributed by atoms with Crippen LogP contribution in [0.1, 0.15) is 11.1 Å². The van der Waals surface area contributed by atoms with Crippen LogP contribution in [0.15, 0.2) is 53.5 Å². The van der Waals surface area contributed by atoms with Crippen molar-refractivity contribution >= 4 is 29.9 Å². The van der Waals surface area contributed by atoms with Crippen LogP contribution in [0, 0.1) is 5.82 Å². The minimum absolute atomic E-state index is 0. The molecule has 0 heterocycles. The lowest BCUT2D eigenvalue weighted by Crippen LogP contribution is -2.36. The molecular weight excluding hydrogens is 408 g/mol. The summed E-state index contributed by atoms with van der Waals surface area (Å²) in [7, 11) is 3.79. The van der Waals surface area contributed by atoms with Crippen molar-refractivity contribution in [2.45, 2.75) is 13.1 Å². The summed E-state index contributed by atoms with van der Waals surface area (Å²) in [5.41, 5.74) is 1.86. The average molecular weight is 429 g/mol. The zero-order chi connectivity index (χ0) is 15.9. The van der Waals surface area contributed by atoms with Gasteiger partial charge in [0.1, 0.15) is 0 Å². The molecule has 0 fully saturated rings. The van der Waals surface area contributed by atoms with E-state index in [0.717, 1.165) is 11.5 Å². The van der Waals surface area contributed by atoms with Gasteiger partial charge in [-0.1, -0.05) is 36.4 Å². The first kappa shape index (κ1) is 19.2. The summed E-state index contributed by atoms with van der Waals surface area (Å²) in [6, 6.07) is 14.3. The number of rotatable bonds is 4. The Bertz CT molecular complexity index is 648. The van der Waals surface area contributed by atoms with E-state index in [1.807, 2.05) is 49.3 Å². The summed E-state index contributed by atoms with van der Waals surface area (Å²) in [5, 5.41) is 12.5. The van der Waals surface area contributed by atoms with E-state index in [4.69, 9.17) is 0 Å². The molecule has 0 saturated carbocycles. The number of nitrogens with zero attached hydrogens (tertiary/aromatic N) is 2. The quantitative estimate of drug-likeness (QED) is 0.445. The molecule has 0 aliphatic carbocycles. The van der Waals surface area contributed by atoms with E-state index in [2.05, 4.69) is 10.3 Å². The second-order valence-corrected chi connectivity index (χ2v) is 5.16. The van der Waals surface area contributed by atoms with Gasteiger partial charge in [-0.3, -0.25) is 0 Å². The van der Waals surface area contributed by atoms with Crippen molar-refractivity contribution in [2.75, 3.05) is 14.1 Å². The second-order valence-electron chi connectivity index (χ2n) is 5.16. The Morgan fingerprint density at radius 3 is 2.43 bits per heavy atom. The lowest BCUT2D eigenvalue weighted by atomic mass is 10.2. The molecule has 4 nitrogen and oxygen atoms in total. The zero-order valence-corrected chi connectivity index (χ0v) is 15.5. The molecule has 0 aliphatic rings. The predicted molar refractivity (Wildman–Crippen MR) is 102 cm³/mol. The van der Waals surface area contributed by atoms with E-state index in [-0.39, 0.29) is 29.7 Å². The number of phenols is 1. The summed E-state index contributed by atoms with van der Waals surface area (Å²) in [4.78, 5) is 6.34. The fourth-order valence-corrected chi connectivity index (χ4v) is 1.95. The smallest absolute Gasteiger partial charge is 0.194 e. The summed E-state index contributed by atoms with van der Waals surface area (Å²) >= 11 is 0. The molecule has 23 heavy (non-hydrogen) atoms. The molecule has 0 aliphatic heterocycles. The number of hydrogen-bond acceptors (Lipinski definition) is 2. The topological polar surface area (TPSA) is 47.9 Å². The van der Waals surface area contributed by atoms with Crippen molar-refractivity contribution in [1.29, 1.82) is 0 Å². The van der Waals surface area contributed by atoms with E-state index >= 15 is 0 Å². The molecule has 0 radical (unpaired) electrons. The zero-order valence-electron chi connectivity index (χ0n) is 13.2. The van der Waals surface area contributed by atoms with Crippen LogP contribution in [0.5, 0.6) is 5.75 Å². The number of halogens is 2. The number of benzene rings is 2. The fourth-order valence-electron chi connectivity index (χ4n) is 1.95. The van der Waals surface area contributed by atoms with Gasteiger partial charge < -0.3 is 15.3 Å². The summed E-state index contributed by atoms with van der Waals surface area (Å²) < 4.78 is 13.3. The Hall–Kier alpha value is -1.83. The first-order valence-electron chi connectivity index (χ1n) is 7.03. The molecule has 0 bridgehead atoms. The third kappa shape index (κ3) is 6.05. The third-order valence-electron chi connectivity index (χ3n) is 3.14. The van der Waals surface area contributed by atoms with Gasteiger partial charge in [0, 0.05) is 20.6 Å². The predicted octanol–water partition coefficient (Wildman–Crippen LogP) is 3.36. The lowest BCUT2D eigenvalue weighted by Gasteiger charge is -2.17. The first-order valence-corrected chi connectivity index (χ1v) is 7.03. The van der Waals surface area contributed by atoms with E-state index < -0.39 is 5.82 Å². The number of hydrogen-bond donors (Lipinski definition) is 2. The Morgan fingerprint density at radius 2 is 1.83 bits per heavy atom. The minimum Gasteiger partial charge on any atom is -0.505 e. The minimum atomic E-state index is -0.628. The van der Waals surface area contributed by atoms with Crippen LogP contribution in [0.4, 0.5) is 4.39 Å². The van der Waals surface area contributed by atoms with E-state index in [9.17, 15) is 9.50 Å². The van der Waals surface area contributed by atoms with Crippen LogP contribution in [0.25, 0.3) is 0 Å². The SMILES string of the molecule is CN(C)C(=NCc1ccc(O)c(F)c1)NCc1ccccc1.I. The van der Waals surface area contributed by atoms with Gasteiger partial charge >= 0.3 is 0 Å². The van der Waals surface area contributed by atoms with E-state index in [1.165, 1.54) is 12.1 Å². The fraction of sp³-hybridized carbons (Fsp3) is 0.235. The summed E-state index contributed by atoms with van der Waals surface area (Å²) in [6.07, 6.45) is 0. The van der Waals surface area contributed by atoms with Crippen LogP contribution < -0.4 is 5.32 Å². The molecule has 6 heteroatoms. The van der Waals surface area contributed by atoms with Gasteiger partial charge in [-0.05, 0) is 23.3 Å². The van der Waals surface area contributed by atoms with Gasteiger partial charge in [-0.15, -0.1) is 24.0 Å². The van der Waals surface area contributed by atoms with Crippen molar-refractivity contribution in [2.24, 2.45) is 4.99 Å². The lowest BCUT2D eigenvalue weighted by molar-refractivity contribution is 0.432. The molecule has 2 rings (SSSR count). The van der Waals surface area contributed by atoms with Crippen LogP contribution in [-0.2, 0) is 13.1 Å². The molecule has 0 atom stereocenters. The number of phenolic OH excluding ortho intramolecular Hbond substituents is 1. The number of guanidine groups is 1. The molecule has 0 aromatic heterocycles. The second kappa shape index (κ2) is 9.34. The standard InChI is InChI=1S/C17H20FN3O.HI/c1-21(2)17(19-11-13-6-4-3-5-7-13)20-12-14-8-9-16(22)15(18)10-14;/h3-10,22H,11-12H2,1-2H3,(H,19,20);1H. The molecule has 0 spiro atoms. The molecule has 0 amide bonds. The summed E-state index contributed by atoms with van der Waals surface area (Å²) in [6.45, 7) is 1.01. The van der Waals surface area contributed by atoms with Crippen molar-refractivity contribution in [1.82, 2.24) is 10.2 Å². The Balaban J connectivity index is 0.00000264. The van der Waals surface area contributed by atoms with Gasteiger partial charge in [-0.2, -0.15) is 0 Å². The highest BCUT2D eigenvalue weighted by Gasteiger charge is 2.04. The van der Waals surface area contributed by atoms with Gasteiger partial charge in [0.2, 0.25) is 0 Å². The van der Waals surface area contributed by atoms with Crippen LogP contribution in [0.3, 0.4) is 0 Å². The maximum absolute atomic E-state index is 13.3. The largest absolute Gasteiger partial charge is 0.505 e. The Morgan fingerprint density at radius 1 is 1.13 bits per heavy atom. The van der Waals surface area contributed by atoms with Crippen LogP contribution in [-0.4, -0.2) is 30.1 Å². The maximum Gasteiger partial charge on any atom is 0.194 e. The van der Waals surface area contributed by atoms with Crippen molar-refractivity contribution in [3.8, 4) is 5.75 Å². The van der Waals surface area contributed by atoms with Gasteiger partial charge in [-0.25, -0.2) is 9.38 Å². The van der Waals surface area contributed by atoms with Crippen molar-refractivity contribution < 1.29 is 9.50 Å². The molecule has 2 aromatic carbocycles. The van der Waals surface area contributed by atoms with Gasteiger partial charge in [0.05, 0.1) is 6.54 Å². The Labute approximate surface area is 153 Å². The highest BCUT2D eigenvalue weighted by molar-refractivity contribution is 14.0. The third-order valence-corrected chi connectivity index (χ3v) is 3.14. The number of aromatic hydroxyl groups is 1.